The lowest BCUT2D eigenvalue weighted by atomic mass is 9.93. The van der Waals surface area contributed by atoms with E-state index in [-0.39, 0.29) is 5.91 Å². The number of rotatable bonds is 9. The van der Waals surface area contributed by atoms with Crippen molar-refractivity contribution in [3.05, 3.63) is 82.3 Å². The van der Waals surface area contributed by atoms with Crippen LogP contribution in [0, 0.1) is 6.92 Å². The van der Waals surface area contributed by atoms with Crippen molar-refractivity contribution in [1.82, 2.24) is 20.7 Å². The highest BCUT2D eigenvalue weighted by molar-refractivity contribution is 6.32. The third-order valence-electron chi connectivity index (χ3n) is 5.64. The molecule has 3 aromatic heterocycles. The lowest BCUT2D eigenvalue weighted by Crippen LogP contribution is -2.15. The van der Waals surface area contributed by atoms with Gasteiger partial charge in [0.1, 0.15) is 5.71 Å². The zero-order chi connectivity index (χ0) is 22.5. The average molecular weight is 432 g/mol. The Morgan fingerprint density at radius 3 is 2.75 bits per heavy atom. The quantitative estimate of drug-likeness (QED) is 0.351. The molecule has 0 aromatic carbocycles. The predicted molar refractivity (Wildman–Crippen MR) is 125 cm³/mol. The first-order valence-electron chi connectivity index (χ1n) is 11.0. The summed E-state index contributed by atoms with van der Waals surface area (Å²) >= 11 is 0. The van der Waals surface area contributed by atoms with Crippen LogP contribution in [0.25, 0.3) is 6.08 Å². The van der Waals surface area contributed by atoms with E-state index in [9.17, 15) is 4.79 Å². The fourth-order valence-electron chi connectivity index (χ4n) is 4.14. The number of carbonyl (C=O) groups excluding carboxylic acids is 1. The molecule has 0 radical (unpaired) electrons. The second kappa shape index (κ2) is 9.78. The molecule has 0 saturated heterocycles. The van der Waals surface area contributed by atoms with Gasteiger partial charge in [-0.15, -0.1) is 0 Å². The second-order valence-corrected chi connectivity index (χ2v) is 8.28. The summed E-state index contributed by atoms with van der Waals surface area (Å²) in [4.78, 5) is 20.0. The van der Waals surface area contributed by atoms with Gasteiger partial charge in [-0.2, -0.15) is 5.10 Å². The van der Waals surface area contributed by atoms with Crippen LogP contribution >= 0.6 is 0 Å². The highest BCUT2D eigenvalue weighted by Crippen LogP contribution is 2.30. The molecule has 166 valence electrons. The number of nitrogens with zero attached hydrogens (tertiary/aromatic N) is 2. The Morgan fingerprint density at radius 1 is 1.22 bits per heavy atom. The molecule has 32 heavy (non-hydrogen) atoms. The van der Waals surface area contributed by atoms with Gasteiger partial charge < -0.3 is 14.7 Å². The van der Waals surface area contributed by atoms with E-state index in [1.54, 1.807) is 18.4 Å². The summed E-state index contributed by atoms with van der Waals surface area (Å²) in [6.45, 7) is 8.24. The fourth-order valence-corrected chi connectivity index (χ4v) is 4.14. The number of furan rings is 1. The van der Waals surface area contributed by atoms with Crippen molar-refractivity contribution in [2.24, 2.45) is 5.10 Å². The number of pyridine rings is 1. The first-order chi connectivity index (χ1) is 15.5. The summed E-state index contributed by atoms with van der Waals surface area (Å²) in [7, 11) is 0. The van der Waals surface area contributed by atoms with Gasteiger partial charge in [-0.3, -0.25) is 9.78 Å². The number of hydrogen-bond donors (Lipinski definition) is 3. The third-order valence-corrected chi connectivity index (χ3v) is 5.64. The Labute approximate surface area is 188 Å². The Balaban J connectivity index is 1.49. The summed E-state index contributed by atoms with van der Waals surface area (Å²) in [5.41, 5.74) is 9.51. The van der Waals surface area contributed by atoms with E-state index < -0.39 is 0 Å². The fraction of sp³-hybridized carbons (Fsp3) is 0.320. The Morgan fingerprint density at radius 2 is 2.03 bits per heavy atom. The van der Waals surface area contributed by atoms with Crippen molar-refractivity contribution in [3.63, 3.8) is 0 Å². The molecule has 7 heteroatoms. The van der Waals surface area contributed by atoms with Crippen molar-refractivity contribution in [1.29, 1.82) is 0 Å². The van der Waals surface area contributed by atoms with Crippen LogP contribution in [0.2, 0.25) is 0 Å². The molecule has 0 atom stereocenters. The van der Waals surface area contributed by atoms with Gasteiger partial charge in [0.05, 0.1) is 11.8 Å². The standard InChI is InChI=1S/C25H29N5O2/c1-16(2)23-19(6-4-10-27-15-18-8-11-26-12-9-18)17(3)28-21(23)14-20-24(29-30-25(20)31)22-7-5-13-32-22/h5,7-9,11-14,16,27-28H,4,6,10,15H2,1-3H3,(H,30,31). The summed E-state index contributed by atoms with van der Waals surface area (Å²) in [5, 5.41) is 7.67. The minimum Gasteiger partial charge on any atom is -0.463 e. The largest absolute Gasteiger partial charge is 0.463 e. The van der Waals surface area contributed by atoms with Gasteiger partial charge in [-0.05, 0) is 79.3 Å². The summed E-state index contributed by atoms with van der Waals surface area (Å²) in [6, 6.07) is 7.65. The highest BCUT2D eigenvalue weighted by atomic mass is 16.3. The summed E-state index contributed by atoms with van der Waals surface area (Å²) in [5.74, 6) is 0.671. The van der Waals surface area contributed by atoms with Crippen LogP contribution < -0.4 is 10.7 Å². The molecule has 0 saturated carbocycles. The maximum absolute atomic E-state index is 12.5. The normalized spacial score (nSPS) is 14.9. The van der Waals surface area contributed by atoms with Crippen LogP contribution in [0.3, 0.4) is 0 Å². The zero-order valence-corrected chi connectivity index (χ0v) is 18.7. The van der Waals surface area contributed by atoms with Crippen LogP contribution in [0.15, 0.2) is 58.0 Å². The molecule has 4 heterocycles. The van der Waals surface area contributed by atoms with E-state index in [1.807, 2.05) is 30.6 Å². The van der Waals surface area contributed by atoms with E-state index >= 15 is 0 Å². The summed E-state index contributed by atoms with van der Waals surface area (Å²) in [6.07, 6.45) is 9.11. The van der Waals surface area contributed by atoms with Crippen LogP contribution in [-0.4, -0.2) is 28.1 Å². The van der Waals surface area contributed by atoms with Crippen LogP contribution in [-0.2, 0) is 17.8 Å². The van der Waals surface area contributed by atoms with Gasteiger partial charge in [0, 0.05) is 30.3 Å². The third kappa shape index (κ3) is 4.73. The molecule has 0 aliphatic carbocycles. The van der Waals surface area contributed by atoms with Crippen molar-refractivity contribution in [3.8, 4) is 0 Å². The van der Waals surface area contributed by atoms with E-state index in [1.165, 1.54) is 16.7 Å². The number of amides is 1. The lowest BCUT2D eigenvalue weighted by Gasteiger charge is -2.11. The molecular weight excluding hydrogens is 402 g/mol. The number of hydrogen-bond acceptors (Lipinski definition) is 5. The maximum atomic E-state index is 12.5. The van der Waals surface area contributed by atoms with E-state index in [0.29, 0.717) is 23.0 Å². The monoisotopic (exact) mass is 431 g/mol. The minimum absolute atomic E-state index is 0.222. The smallest absolute Gasteiger partial charge is 0.273 e. The molecule has 7 nitrogen and oxygen atoms in total. The number of carbonyl (C=O) groups is 1. The zero-order valence-electron chi connectivity index (χ0n) is 18.7. The molecular formula is C25H29N5O2. The number of aromatic amines is 1. The van der Waals surface area contributed by atoms with E-state index in [2.05, 4.69) is 46.6 Å². The predicted octanol–water partition coefficient (Wildman–Crippen LogP) is 4.07. The number of H-pyrrole nitrogens is 1. The number of aryl methyl sites for hydroxylation is 1. The Hall–Kier alpha value is -3.45. The van der Waals surface area contributed by atoms with Gasteiger partial charge >= 0.3 is 0 Å². The van der Waals surface area contributed by atoms with Crippen LogP contribution in [0.5, 0.6) is 0 Å². The van der Waals surface area contributed by atoms with Gasteiger partial charge in [-0.1, -0.05) is 13.8 Å². The van der Waals surface area contributed by atoms with Crippen LogP contribution in [0.4, 0.5) is 0 Å². The van der Waals surface area contributed by atoms with Gasteiger partial charge in [0.15, 0.2) is 5.76 Å². The number of nitrogens with one attached hydrogen (secondary N) is 3. The molecule has 3 aromatic rings. The molecule has 4 rings (SSSR count). The van der Waals surface area contributed by atoms with E-state index in [0.717, 1.165) is 37.3 Å². The molecule has 0 unspecified atom stereocenters. The average Bonchev–Trinajstić information content (AvgIpc) is 3.49. The first kappa shape index (κ1) is 21.8. The van der Waals surface area contributed by atoms with Gasteiger partial charge in [-0.25, -0.2) is 5.43 Å². The topological polar surface area (TPSA) is 95.3 Å². The highest BCUT2D eigenvalue weighted by Gasteiger charge is 2.27. The van der Waals surface area contributed by atoms with Crippen molar-refractivity contribution < 1.29 is 9.21 Å². The first-order valence-corrected chi connectivity index (χ1v) is 11.0. The van der Waals surface area contributed by atoms with Gasteiger partial charge in [0.25, 0.3) is 5.91 Å². The van der Waals surface area contributed by atoms with Crippen molar-refractivity contribution in [2.75, 3.05) is 6.54 Å². The minimum atomic E-state index is -0.222. The SMILES string of the molecule is Cc1[nH]c(C=C2C(=O)NN=C2c2ccco2)c(C(C)C)c1CCCNCc1ccncc1. The molecule has 1 amide bonds. The maximum Gasteiger partial charge on any atom is 0.273 e. The van der Waals surface area contributed by atoms with Crippen molar-refractivity contribution in [2.45, 2.75) is 46.1 Å². The molecule has 0 spiro atoms. The molecule has 0 fully saturated rings. The number of hydrazone groups is 1. The second-order valence-electron chi connectivity index (χ2n) is 8.28. The Kier molecular flexibility index (Phi) is 6.66. The Bertz CT molecular complexity index is 1120. The number of aromatic nitrogens is 2. The molecule has 1 aliphatic rings. The molecule has 3 N–H and O–H groups in total. The van der Waals surface area contributed by atoms with Crippen LogP contribution in [0.1, 0.15) is 60.0 Å². The van der Waals surface area contributed by atoms with Crippen molar-refractivity contribution >= 4 is 17.7 Å². The van der Waals surface area contributed by atoms with E-state index in [4.69, 9.17) is 4.42 Å². The lowest BCUT2D eigenvalue weighted by molar-refractivity contribution is -0.116. The molecule has 0 bridgehead atoms. The summed E-state index contributed by atoms with van der Waals surface area (Å²) < 4.78 is 5.46. The molecule has 1 aliphatic heterocycles. The van der Waals surface area contributed by atoms with Gasteiger partial charge in [0.2, 0.25) is 0 Å².